The van der Waals surface area contributed by atoms with E-state index in [0.29, 0.717) is 24.4 Å². The molecule has 0 radical (unpaired) electrons. The van der Waals surface area contributed by atoms with Crippen molar-refractivity contribution in [1.29, 1.82) is 0 Å². The maximum Gasteiger partial charge on any atom is 0.433 e. The van der Waals surface area contributed by atoms with E-state index in [9.17, 15) is 18.0 Å². The van der Waals surface area contributed by atoms with Crippen molar-refractivity contribution in [3.8, 4) is 5.69 Å². The summed E-state index contributed by atoms with van der Waals surface area (Å²) >= 11 is 0. The van der Waals surface area contributed by atoms with Crippen LogP contribution in [-0.4, -0.2) is 44.0 Å². The number of nitrogens with zero attached hydrogens (tertiary/aromatic N) is 5. The van der Waals surface area contributed by atoms with Crippen LogP contribution in [0.3, 0.4) is 0 Å². The highest BCUT2D eigenvalue weighted by atomic mass is 19.4. The van der Waals surface area contributed by atoms with Crippen LogP contribution >= 0.6 is 0 Å². The quantitative estimate of drug-likeness (QED) is 0.682. The SMILES string of the molecule is O=C(NCCc1nc2c(c(C(F)(F)F)n1)COCC2)c1cnn(-c2ccccc2)n1. The third kappa shape index (κ3) is 4.30. The van der Waals surface area contributed by atoms with Crippen LogP contribution in [0, 0.1) is 0 Å². The number of halogens is 3. The fourth-order valence-corrected chi connectivity index (χ4v) is 3.06. The van der Waals surface area contributed by atoms with Crippen LogP contribution in [0.4, 0.5) is 13.2 Å². The molecule has 1 amide bonds. The largest absolute Gasteiger partial charge is 0.433 e. The fourth-order valence-electron chi connectivity index (χ4n) is 3.06. The lowest BCUT2D eigenvalue weighted by Gasteiger charge is -2.20. The van der Waals surface area contributed by atoms with Crippen LogP contribution < -0.4 is 5.32 Å². The second-order valence-electron chi connectivity index (χ2n) is 6.57. The summed E-state index contributed by atoms with van der Waals surface area (Å²) in [4.78, 5) is 21.5. The number of hydrogen-bond acceptors (Lipinski definition) is 6. The molecule has 1 aliphatic heterocycles. The summed E-state index contributed by atoms with van der Waals surface area (Å²) in [5, 5.41) is 10.8. The van der Waals surface area contributed by atoms with Crippen LogP contribution in [0.1, 0.15) is 33.3 Å². The van der Waals surface area contributed by atoms with Crippen LogP contribution in [0.5, 0.6) is 0 Å². The molecule has 156 valence electrons. The van der Waals surface area contributed by atoms with E-state index in [0.717, 1.165) is 0 Å². The van der Waals surface area contributed by atoms with Crippen LogP contribution in [0.15, 0.2) is 36.5 Å². The first kappa shape index (κ1) is 20.0. The summed E-state index contributed by atoms with van der Waals surface area (Å²) in [7, 11) is 0. The van der Waals surface area contributed by atoms with Gasteiger partial charge in [-0.25, -0.2) is 9.97 Å². The van der Waals surface area contributed by atoms with Gasteiger partial charge in [-0.2, -0.15) is 23.1 Å². The molecule has 1 aromatic carbocycles. The molecule has 0 spiro atoms. The Bertz CT molecular complexity index is 1050. The third-order valence-corrected chi connectivity index (χ3v) is 4.48. The summed E-state index contributed by atoms with van der Waals surface area (Å²) in [6.07, 6.45) is -2.93. The van der Waals surface area contributed by atoms with Gasteiger partial charge in [0.05, 0.1) is 30.8 Å². The van der Waals surface area contributed by atoms with Crippen molar-refractivity contribution in [3.05, 3.63) is 65.0 Å². The molecule has 30 heavy (non-hydrogen) atoms. The summed E-state index contributed by atoms with van der Waals surface area (Å²) < 4.78 is 45.1. The average molecular weight is 418 g/mol. The molecule has 3 heterocycles. The molecule has 0 atom stereocenters. The van der Waals surface area contributed by atoms with Gasteiger partial charge in [-0.1, -0.05) is 18.2 Å². The number of hydrogen-bond donors (Lipinski definition) is 1. The molecule has 11 heteroatoms. The minimum Gasteiger partial charge on any atom is -0.376 e. The number of rotatable bonds is 5. The van der Waals surface area contributed by atoms with E-state index in [-0.39, 0.29) is 36.7 Å². The number of fused-ring (bicyclic) bond motifs is 1. The number of carbonyl (C=O) groups excluding carboxylic acids is 1. The standard InChI is InChI=1S/C19H17F3N6O2/c20-19(21,22)17-13-11-30-9-7-14(13)25-16(26-17)6-8-23-18(29)15-10-24-28(27-15)12-4-2-1-3-5-12/h1-5,10H,6-9,11H2,(H,23,29). The zero-order valence-electron chi connectivity index (χ0n) is 15.7. The van der Waals surface area contributed by atoms with Crippen molar-refractivity contribution < 1.29 is 22.7 Å². The monoisotopic (exact) mass is 418 g/mol. The van der Waals surface area contributed by atoms with Crippen LogP contribution in [0.25, 0.3) is 5.69 Å². The molecule has 0 bridgehead atoms. The van der Waals surface area contributed by atoms with Gasteiger partial charge in [-0.15, -0.1) is 5.10 Å². The van der Waals surface area contributed by atoms with Gasteiger partial charge in [0.15, 0.2) is 11.4 Å². The highest BCUT2D eigenvalue weighted by Gasteiger charge is 2.38. The molecule has 1 aliphatic rings. The van der Waals surface area contributed by atoms with E-state index < -0.39 is 17.8 Å². The van der Waals surface area contributed by atoms with Gasteiger partial charge < -0.3 is 10.1 Å². The summed E-state index contributed by atoms with van der Waals surface area (Å²) in [5.41, 5.74) is 0.148. The van der Waals surface area contributed by atoms with E-state index in [1.807, 2.05) is 18.2 Å². The zero-order chi connectivity index (χ0) is 21.1. The summed E-state index contributed by atoms with van der Waals surface area (Å²) in [5.74, 6) is -0.462. The first-order valence-corrected chi connectivity index (χ1v) is 9.21. The summed E-state index contributed by atoms with van der Waals surface area (Å²) in [6, 6.07) is 9.06. The highest BCUT2D eigenvalue weighted by molar-refractivity contribution is 5.91. The molecule has 0 unspecified atom stereocenters. The number of nitrogens with one attached hydrogen (secondary N) is 1. The number of amides is 1. The zero-order valence-corrected chi connectivity index (χ0v) is 15.7. The molecule has 4 rings (SSSR count). The number of alkyl halides is 3. The molecule has 8 nitrogen and oxygen atoms in total. The van der Waals surface area contributed by atoms with E-state index >= 15 is 0 Å². The lowest BCUT2D eigenvalue weighted by atomic mass is 10.1. The molecular weight excluding hydrogens is 401 g/mol. The topological polar surface area (TPSA) is 94.8 Å². The fraction of sp³-hybridized carbons (Fsp3) is 0.316. The molecule has 1 N–H and O–H groups in total. The van der Waals surface area contributed by atoms with Crippen molar-refractivity contribution in [1.82, 2.24) is 30.3 Å². The highest BCUT2D eigenvalue weighted by Crippen LogP contribution is 2.33. The smallest absolute Gasteiger partial charge is 0.376 e. The third-order valence-electron chi connectivity index (χ3n) is 4.48. The lowest BCUT2D eigenvalue weighted by molar-refractivity contribution is -0.143. The van der Waals surface area contributed by atoms with Gasteiger partial charge in [0, 0.05) is 24.9 Å². The van der Waals surface area contributed by atoms with Crippen molar-refractivity contribution >= 4 is 5.91 Å². The first-order chi connectivity index (χ1) is 14.4. The Hall–Kier alpha value is -3.34. The predicted molar refractivity (Wildman–Crippen MR) is 97.8 cm³/mol. The molecule has 3 aromatic rings. The maximum absolute atomic E-state index is 13.3. The second kappa shape index (κ2) is 8.19. The number of aromatic nitrogens is 5. The van der Waals surface area contributed by atoms with E-state index in [2.05, 4.69) is 25.5 Å². The minimum atomic E-state index is -4.60. The molecule has 0 fully saturated rings. The second-order valence-corrected chi connectivity index (χ2v) is 6.57. The Balaban J connectivity index is 1.42. The Morgan fingerprint density at radius 1 is 1.20 bits per heavy atom. The Morgan fingerprint density at radius 2 is 2.00 bits per heavy atom. The van der Waals surface area contributed by atoms with Crippen molar-refractivity contribution in [2.24, 2.45) is 0 Å². The van der Waals surface area contributed by atoms with Crippen molar-refractivity contribution in [2.75, 3.05) is 13.2 Å². The van der Waals surface area contributed by atoms with Gasteiger partial charge in [0.2, 0.25) is 0 Å². The van der Waals surface area contributed by atoms with E-state index in [4.69, 9.17) is 4.74 Å². The van der Waals surface area contributed by atoms with E-state index in [1.54, 1.807) is 12.1 Å². The van der Waals surface area contributed by atoms with E-state index in [1.165, 1.54) is 11.0 Å². The Morgan fingerprint density at radius 3 is 2.77 bits per heavy atom. The van der Waals surface area contributed by atoms with Gasteiger partial charge in [-0.05, 0) is 12.1 Å². The van der Waals surface area contributed by atoms with Crippen molar-refractivity contribution in [2.45, 2.75) is 25.6 Å². The van der Waals surface area contributed by atoms with Gasteiger partial charge >= 0.3 is 6.18 Å². The van der Waals surface area contributed by atoms with Gasteiger partial charge in [0.25, 0.3) is 5.91 Å². The van der Waals surface area contributed by atoms with Crippen LogP contribution in [0.2, 0.25) is 0 Å². The molecule has 0 saturated carbocycles. The maximum atomic E-state index is 13.3. The first-order valence-electron chi connectivity index (χ1n) is 9.21. The Kier molecular flexibility index (Phi) is 5.44. The number of para-hydroxylation sites is 1. The van der Waals surface area contributed by atoms with Crippen LogP contribution in [-0.2, 0) is 30.4 Å². The normalized spacial score (nSPS) is 13.7. The van der Waals surface area contributed by atoms with Gasteiger partial charge in [-0.3, -0.25) is 4.79 Å². The molecular formula is C19H17F3N6O2. The van der Waals surface area contributed by atoms with Crippen molar-refractivity contribution in [3.63, 3.8) is 0 Å². The molecule has 0 aliphatic carbocycles. The number of ether oxygens (including phenoxy) is 1. The Labute approximate surface area is 169 Å². The molecule has 2 aromatic heterocycles. The molecule has 0 saturated heterocycles. The summed E-state index contributed by atoms with van der Waals surface area (Å²) in [6.45, 7) is 0.219. The average Bonchev–Trinajstić information content (AvgIpc) is 3.23. The van der Waals surface area contributed by atoms with Gasteiger partial charge in [0.1, 0.15) is 5.82 Å². The lowest BCUT2D eigenvalue weighted by Crippen LogP contribution is -2.28. The predicted octanol–water partition coefficient (Wildman–Crippen LogP) is 2.12. The minimum absolute atomic E-state index is 0.0148. The number of benzene rings is 1. The number of carbonyl (C=O) groups is 1.